The number of aromatic nitrogens is 2. The van der Waals surface area contributed by atoms with Crippen molar-refractivity contribution in [2.45, 2.75) is 45.2 Å². The molecule has 2 N–H and O–H groups in total. The maximum absolute atomic E-state index is 14.0. The lowest BCUT2D eigenvalue weighted by Crippen LogP contribution is -2.41. The lowest BCUT2D eigenvalue weighted by atomic mass is 9.80. The average Bonchev–Trinajstić information content (AvgIpc) is 3.19. The van der Waals surface area contributed by atoms with Crippen molar-refractivity contribution in [2.75, 3.05) is 5.32 Å². The third-order valence-corrected chi connectivity index (χ3v) is 5.31. The molecule has 7 heteroatoms. The normalized spacial score (nSPS) is 21.0. The number of nitrogens with zero attached hydrogens (tertiary/aromatic N) is 2. The fourth-order valence-electron chi connectivity index (χ4n) is 3.90. The number of aryl methyl sites for hydroxylation is 2. The van der Waals surface area contributed by atoms with Crippen molar-refractivity contribution >= 4 is 17.6 Å². The van der Waals surface area contributed by atoms with Gasteiger partial charge < -0.3 is 10.6 Å². The van der Waals surface area contributed by atoms with E-state index in [1.165, 1.54) is 6.07 Å². The summed E-state index contributed by atoms with van der Waals surface area (Å²) in [6.45, 7) is 2.83. The fraction of sp³-hybridized carbons (Fsp3) is 0.421. The molecule has 0 saturated carbocycles. The minimum atomic E-state index is -0.752. The van der Waals surface area contributed by atoms with E-state index in [1.807, 2.05) is 17.7 Å². The maximum atomic E-state index is 14.0. The van der Waals surface area contributed by atoms with Crippen LogP contribution in [0.5, 0.6) is 0 Å². The summed E-state index contributed by atoms with van der Waals surface area (Å²) in [4.78, 5) is 24.6. The second kappa shape index (κ2) is 6.55. The summed E-state index contributed by atoms with van der Waals surface area (Å²) in [6, 6.07) is 6.30. The largest absolute Gasteiger partial charge is 0.341 e. The van der Waals surface area contributed by atoms with E-state index in [9.17, 15) is 14.0 Å². The highest BCUT2D eigenvalue weighted by atomic mass is 19.1. The minimum absolute atomic E-state index is 0.123. The maximum Gasteiger partial charge on any atom is 0.314 e. The monoisotopic (exact) mass is 356 g/mol. The molecule has 0 spiro atoms. The van der Waals surface area contributed by atoms with E-state index >= 15 is 0 Å². The predicted molar refractivity (Wildman–Crippen MR) is 93.9 cm³/mol. The molecule has 1 aromatic carbocycles. The van der Waals surface area contributed by atoms with E-state index in [0.29, 0.717) is 17.8 Å². The highest BCUT2D eigenvalue weighted by Gasteiger charge is 2.31. The molecule has 2 heterocycles. The van der Waals surface area contributed by atoms with E-state index in [4.69, 9.17) is 0 Å². The van der Waals surface area contributed by atoms with Crippen molar-refractivity contribution in [3.8, 4) is 0 Å². The molecular formula is C19H21FN4O2. The van der Waals surface area contributed by atoms with Crippen LogP contribution in [0.3, 0.4) is 0 Å². The van der Waals surface area contributed by atoms with Gasteiger partial charge in [-0.05, 0) is 48.8 Å². The molecular weight excluding hydrogens is 335 g/mol. The van der Waals surface area contributed by atoms with Crippen molar-refractivity contribution in [3.63, 3.8) is 0 Å². The zero-order valence-electron chi connectivity index (χ0n) is 14.6. The second-order valence-corrected chi connectivity index (χ2v) is 7.08. The number of hydrogen-bond donors (Lipinski definition) is 2. The molecule has 1 aliphatic carbocycles. The second-order valence-electron chi connectivity index (χ2n) is 7.08. The number of benzene rings is 1. The summed E-state index contributed by atoms with van der Waals surface area (Å²) in [6.07, 6.45) is 3.37. The Hall–Kier alpha value is -2.70. The number of fused-ring (bicyclic) bond motifs is 2. The van der Waals surface area contributed by atoms with Crippen LogP contribution in [0.1, 0.15) is 42.6 Å². The predicted octanol–water partition coefficient (Wildman–Crippen LogP) is 2.35. The highest BCUT2D eigenvalue weighted by Crippen LogP contribution is 2.35. The van der Waals surface area contributed by atoms with Crippen LogP contribution < -0.4 is 10.6 Å². The van der Waals surface area contributed by atoms with Gasteiger partial charge in [-0.25, -0.2) is 4.39 Å². The van der Waals surface area contributed by atoms with Crippen molar-refractivity contribution in [1.82, 2.24) is 15.1 Å². The Morgan fingerprint density at radius 2 is 2.12 bits per heavy atom. The molecule has 136 valence electrons. The van der Waals surface area contributed by atoms with E-state index in [0.717, 1.165) is 37.1 Å². The van der Waals surface area contributed by atoms with Gasteiger partial charge in [0, 0.05) is 18.3 Å². The van der Waals surface area contributed by atoms with Crippen LogP contribution in [0.25, 0.3) is 0 Å². The molecule has 1 aromatic heterocycles. The summed E-state index contributed by atoms with van der Waals surface area (Å²) in [5.41, 5.74) is 2.44. The van der Waals surface area contributed by atoms with Gasteiger partial charge >= 0.3 is 11.8 Å². The Kier molecular flexibility index (Phi) is 4.22. The van der Waals surface area contributed by atoms with Crippen molar-refractivity contribution < 1.29 is 14.0 Å². The first-order valence-electron chi connectivity index (χ1n) is 8.99. The van der Waals surface area contributed by atoms with E-state index in [1.54, 1.807) is 12.1 Å². The van der Waals surface area contributed by atoms with Crippen molar-refractivity contribution in [1.29, 1.82) is 0 Å². The molecule has 0 radical (unpaired) electrons. The molecule has 1 aliphatic heterocycles. The molecule has 0 fully saturated rings. The Balaban J connectivity index is 1.47. The smallest absolute Gasteiger partial charge is 0.314 e. The lowest BCUT2D eigenvalue weighted by molar-refractivity contribution is -0.136. The highest BCUT2D eigenvalue weighted by molar-refractivity contribution is 6.39. The third kappa shape index (κ3) is 2.98. The van der Waals surface area contributed by atoms with Gasteiger partial charge in [0.05, 0.1) is 6.04 Å². The number of carbonyl (C=O) groups excluding carboxylic acids is 2. The van der Waals surface area contributed by atoms with Gasteiger partial charge in [-0.1, -0.05) is 19.1 Å². The van der Waals surface area contributed by atoms with Crippen LogP contribution in [0.15, 0.2) is 24.3 Å². The number of nitrogens with one attached hydrogen (secondary N) is 2. The average molecular weight is 356 g/mol. The summed E-state index contributed by atoms with van der Waals surface area (Å²) in [5, 5.41) is 9.60. The number of halogens is 1. The molecule has 26 heavy (non-hydrogen) atoms. The van der Waals surface area contributed by atoms with Crippen molar-refractivity contribution in [2.24, 2.45) is 5.92 Å². The fourth-order valence-corrected chi connectivity index (χ4v) is 3.90. The topological polar surface area (TPSA) is 76.0 Å². The first kappa shape index (κ1) is 16.8. The third-order valence-electron chi connectivity index (χ3n) is 5.31. The molecule has 2 aromatic rings. The number of carbonyl (C=O) groups is 2. The molecule has 2 amide bonds. The number of anilines is 1. The Morgan fingerprint density at radius 1 is 1.27 bits per heavy atom. The first-order valence-corrected chi connectivity index (χ1v) is 8.99. The molecule has 6 nitrogen and oxygen atoms in total. The van der Waals surface area contributed by atoms with Crippen molar-refractivity contribution in [3.05, 3.63) is 46.9 Å². The molecule has 0 bridgehead atoms. The van der Waals surface area contributed by atoms with E-state index in [-0.39, 0.29) is 17.8 Å². The van der Waals surface area contributed by atoms with Crippen LogP contribution in [0.2, 0.25) is 0 Å². The standard InChI is InChI=1S/C19H21FN4O2/c1-11-7-8-13-14(5-2-6-15(13)20)17(11)22-19(26)18(25)21-16-10-12-4-3-9-24(12)23-16/h2,5-6,10-11,17H,3-4,7-9H2,1H3,(H,22,26)(H,21,23,25). The Bertz CT molecular complexity index is 855. The van der Waals surface area contributed by atoms with Gasteiger partial charge in [0.15, 0.2) is 5.82 Å². The molecule has 2 unspecified atom stereocenters. The van der Waals surface area contributed by atoms with Gasteiger partial charge in [0.1, 0.15) is 5.82 Å². The van der Waals surface area contributed by atoms with Crippen LogP contribution in [0.4, 0.5) is 10.2 Å². The summed E-state index contributed by atoms with van der Waals surface area (Å²) >= 11 is 0. The molecule has 2 atom stereocenters. The zero-order valence-corrected chi connectivity index (χ0v) is 14.6. The van der Waals surface area contributed by atoms with Crippen LogP contribution >= 0.6 is 0 Å². The van der Waals surface area contributed by atoms with Gasteiger partial charge in [0.25, 0.3) is 0 Å². The van der Waals surface area contributed by atoms with Gasteiger partial charge in [-0.15, -0.1) is 0 Å². The summed E-state index contributed by atoms with van der Waals surface area (Å²) in [5.74, 6) is -1.23. The van der Waals surface area contributed by atoms with Crippen LogP contribution in [-0.2, 0) is 29.0 Å². The number of hydrogen-bond acceptors (Lipinski definition) is 3. The van der Waals surface area contributed by atoms with E-state index in [2.05, 4.69) is 15.7 Å². The van der Waals surface area contributed by atoms with Crippen LogP contribution in [0, 0.1) is 11.7 Å². The lowest BCUT2D eigenvalue weighted by Gasteiger charge is -2.32. The minimum Gasteiger partial charge on any atom is -0.341 e. The van der Waals surface area contributed by atoms with E-state index < -0.39 is 11.8 Å². The number of rotatable bonds is 2. The molecule has 2 aliphatic rings. The Morgan fingerprint density at radius 3 is 2.92 bits per heavy atom. The van der Waals surface area contributed by atoms with Gasteiger partial charge in [-0.2, -0.15) is 5.10 Å². The number of amides is 2. The summed E-state index contributed by atoms with van der Waals surface area (Å²) < 4.78 is 15.9. The van der Waals surface area contributed by atoms with Gasteiger partial charge in [0.2, 0.25) is 0 Å². The molecule has 4 rings (SSSR count). The Labute approximate surface area is 150 Å². The first-order chi connectivity index (χ1) is 12.5. The molecule has 0 saturated heterocycles. The quantitative estimate of drug-likeness (QED) is 0.811. The van der Waals surface area contributed by atoms with Gasteiger partial charge in [-0.3, -0.25) is 14.3 Å². The van der Waals surface area contributed by atoms with Crippen LogP contribution in [-0.4, -0.2) is 21.6 Å². The zero-order chi connectivity index (χ0) is 18.3. The summed E-state index contributed by atoms with van der Waals surface area (Å²) in [7, 11) is 0. The SMILES string of the molecule is CC1CCc2c(F)cccc2C1NC(=O)C(=O)Nc1cc2n(n1)CCC2.